The van der Waals surface area contributed by atoms with Gasteiger partial charge in [-0.3, -0.25) is 0 Å². The molecule has 0 aliphatic heterocycles. The summed E-state index contributed by atoms with van der Waals surface area (Å²) in [5.74, 6) is 0. The predicted molar refractivity (Wildman–Crippen MR) is 56.1 cm³/mol. The van der Waals surface area contributed by atoms with Crippen LogP contribution in [0.15, 0.2) is 17.6 Å². The van der Waals surface area contributed by atoms with Crippen LogP contribution in [-0.4, -0.2) is 14.2 Å². The van der Waals surface area contributed by atoms with Gasteiger partial charge in [-0.2, -0.15) is 0 Å². The molecule has 0 unspecified atom stereocenters. The second-order valence-electron chi connectivity index (χ2n) is 3.15. The Morgan fingerprint density at radius 1 is 1.57 bits per heavy atom. The second kappa shape index (κ2) is 3.89. The summed E-state index contributed by atoms with van der Waals surface area (Å²) < 4.78 is 5.97. The van der Waals surface area contributed by atoms with E-state index in [4.69, 9.17) is 5.73 Å². The van der Waals surface area contributed by atoms with Gasteiger partial charge < -0.3 is 10.3 Å². The number of aromatic nitrogens is 3. The first kappa shape index (κ1) is 9.36. The first-order valence-electron chi connectivity index (χ1n) is 4.42. The van der Waals surface area contributed by atoms with Crippen LogP contribution in [0.25, 0.3) is 0 Å². The van der Waals surface area contributed by atoms with E-state index in [0.29, 0.717) is 6.54 Å². The molecule has 0 radical (unpaired) electrons. The molecule has 5 heteroatoms. The predicted octanol–water partition coefficient (Wildman–Crippen LogP) is 1.16. The van der Waals surface area contributed by atoms with Crippen molar-refractivity contribution in [2.75, 3.05) is 0 Å². The van der Waals surface area contributed by atoms with Crippen LogP contribution in [0.1, 0.15) is 17.0 Å². The normalized spacial score (nSPS) is 10.7. The molecular weight excluding hydrogens is 196 g/mol. The van der Waals surface area contributed by atoms with Gasteiger partial charge in [-0.1, -0.05) is 4.49 Å². The minimum Gasteiger partial charge on any atom is -0.345 e. The third-order valence-corrected chi connectivity index (χ3v) is 2.86. The maximum absolute atomic E-state index is 5.60. The van der Waals surface area contributed by atoms with Crippen molar-refractivity contribution in [3.05, 3.63) is 34.6 Å². The average Bonchev–Trinajstić information content (AvgIpc) is 2.79. The molecular formula is C9H12N4S. The summed E-state index contributed by atoms with van der Waals surface area (Å²) in [5.41, 5.74) is 8.99. The molecule has 2 N–H and O–H groups in total. The molecule has 2 aromatic heterocycles. The van der Waals surface area contributed by atoms with Gasteiger partial charge in [-0.15, -0.1) is 5.10 Å². The SMILES string of the molecule is Cc1c(CN)ccn1Cc1csnn1. The van der Waals surface area contributed by atoms with Gasteiger partial charge in [0.2, 0.25) is 0 Å². The third-order valence-electron chi connectivity index (χ3n) is 2.31. The van der Waals surface area contributed by atoms with Gasteiger partial charge in [0.25, 0.3) is 0 Å². The molecule has 0 fully saturated rings. The maximum atomic E-state index is 5.60. The number of rotatable bonds is 3. The molecule has 74 valence electrons. The summed E-state index contributed by atoms with van der Waals surface area (Å²) in [7, 11) is 0. The van der Waals surface area contributed by atoms with E-state index >= 15 is 0 Å². The van der Waals surface area contributed by atoms with Crippen LogP contribution >= 0.6 is 11.5 Å². The van der Waals surface area contributed by atoms with E-state index in [2.05, 4.69) is 27.1 Å². The van der Waals surface area contributed by atoms with Crippen molar-refractivity contribution in [1.29, 1.82) is 0 Å². The number of nitrogens with two attached hydrogens (primary N) is 1. The highest BCUT2D eigenvalue weighted by Gasteiger charge is 2.04. The van der Waals surface area contributed by atoms with E-state index < -0.39 is 0 Å². The molecule has 2 rings (SSSR count). The Morgan fingerprint density at radius 2 is 2.43 bits per heavy atom. The van der Waals surface area contributed by atoms with E-state index in [-0.39, 0.29) is 0 Å². The Kier molecular flexibility index (Phi) is 2.60. The first-order valence-corrected chi connectivity index (χ1v) is 5.25. The van der Waals surface area contributed by atoms with Crippen LogP contribution in [0.5, 0.6) is 0 Å². The molecule has 0 atom stereocenters. The minimum atomic E-state index is 0.591. The lowest BCUT2D eigenvalue weighted by atomic mass is 10.2. The van der Waals surface area contributed by atoms with Gasteiger partial charge in [0.05, 0.1) is 12.2 Å². The molecule has 14 heavy (non-hydrogen) atoms. The molecule has 0 bridgehead atoms. The third kappa shape index (κ3) is 1.69. The number of hydrogen-bond acceptors (Lipinski definition) is 4. The average molecular weight is 208 g/mol. The van der Waals surface area contributed by atoms with Gasteiger partial charge in [-0.05, 0) is 30.1 Å². The molecule has 0 saturated carbocycles. The van der Waals surface area contributed by atoms with Gasteiger partial charge in [0.1, 0.15) is 0 Å². The number of nitrogens with zero attached hydrogens (tertiary/aromatic N) is 3. The molecule has 0 amide bonds. The van der Waals surface area contributed by atoms with Gasteiger partial charge in [0.15, 0.2) is 0 Å². The van der Waals surface area contributed by atoms with Crippen molar-refractivity contribution < 1.29 is 0 Å². The van der Waals surface area contributed by atoms with Crippen LogP contribution in [0.4, 0.5) is 0 Å². The van der Waals surface area contributed by atoms with Gasteiger partial charge in [0, 0.05) is 23.8 Å². The molecule has 0 spiro atoms. The smallest absolute Gasteiger partial charge is 0.0952 e. The van der Waals surface area contributed by atoms with Crippen LogP contribution in [0.2, 0.25) is 0 Å². The molecule has 0 aromatic carbocycles. The lowest BCUT2D eigenvalue weighted by molar-refractivity contribution is 0.745. The maximum Gasteiger partial charge on any atom is 0.0952 e. The summed E-state index contributed by atoms with van der Waals surface area (Å²) in [6.07, 6.45) is 2.04. The topological polar surface area (TPSA) is 56.7 Å². The van der Waals surface area contributed by atoms with Crippen LogP contribution in [0.3, 0.4) is 0 Å². The summed E-state index contributed by atoms with van der Waals surface area (Å²) in [6, 6.07) is 2.05. The zero-order valence-corrected chi connectivity index (χ0v) is 8.79. The highest BCUT2D eigenvalue weighted by molar-refractivity contribution is 7.03. The van der Waals surface area contributed by atoms with Crippen molar-refractivity contribution in [3.63, 3.8) is 0 Å². The Balaban J connectivity index is 2.21. The Hall–Kier alpha value is -1.20. The van der Waals surface area contributed by atoms with Crippen molar-refractivity contribution in [3.8, 4) is 0 Å². The molecule has 0 aliphatic rings. The fourth-order valence-corrected chi connectivity index (χ4v) is 1.85. The Morgan fingerprint density at radius 3 is 3.00 bits per heavy atom. The van der Waals surface area contributed by atoms with Crippen molar-refractivity contribution in [2.45, 2.75) is 20.0 Å². The Labute approximate surface area is 86.5 Å². The molecule has 2 aromatic rings. The van der Waals surface area contributed by atoms with E-state index in [1.165, 1.54) is 22.8 Å². The van der Waals surface area contributed by atoms with E-state index in [0.717, 1.165) is 12.2 Å². The summed E-state index contributed by atoms with van der Waals surface area (Å²) >= 11 is 1.38. The van der Waals surface area contributed by atoms with Crippen LogP contribution in [-0.2, 0) is 13.1 Å². The first-order chi connectivity index (χ1) is 6.81. The van der Waals surface area contributed by atoms with Gasteiger partial charge >= 0.3 is 0 Å². The monoisotopic (exact) mass is 208 g/mol. The molecule has 4 nitrogen and oxygen atoms in total. The number of hydrogen-bond donors (Lipinski definition) is 1. The van der Waals surface area contributed by atoms with E-state index in [9.17, 15) is 0 Å². The van der Waals surface area contributed by atoms with Crippen molar-refractivity contribution in [1.82, 2.24) is 14.2 Å². The second-order valence-corrected chi connectivity index (χ2v) is 3.76. The minimum absolute atomic E-state index is 0.591. The lowest BCUT2D eigenvalue weighted by Gasteiger charge is -2.03. The molecule has 0 saturated heterocycles. The highest BCUT2D eigenvalue weighted by atomic mass is 32.1. The summed E-state index contributed by atoms with van der Waals surface area (Å²) in [5, 5.41) is 5.96. The van der Waals surface area contributed by atoms with Crippen LogP contribution in [0, 0.1) is 6.92 Å². The molecule has 2 heterocycles. The van der Waals surface area contributed by atoms with Crippen molar-refractivity contribution >= 4 is 11.5 Å². The van der Waals surface area contributed by atoms with Crippen molar-refractivity contribution in [2.24, 2.45) is 5.73 Å². The van der Waals surface area contributed by atoms with Crippen LogP contribution < -0.4 is 5.73 Å². The van der Waals surface area contributed by atoms with Gasteiger partial charge in [-0.25, -0.2) is 0 Å². The highest BCUT2D eigenvalue weighted by Crippen LogP contribution is 2.11. The summed E-state index contributed by atoms with van der Waals surface area (Å²) in [6.45, 7) is 3.44. The molecule has 0 aliphatic carbocycles. The fourth-order valence-electron chi connectivity index (χ4n) is 1.41. The fraction of sp³-hybridized carbons (Fsp3) is 0.333. The quantitative estimate of drug-likeness (QED) is 0.823. The Bertz CT molecular complexity index is 404. The zero-order valence-electron chi connectivity index (χ0n) is 7.97. The summed E-state index contributed by atoms with van der Waals surface area (Å²) in [4.78, 5) is 0. The zero-order chi connectivity index (χ0) is 9.97. The standard InChI is InChI=1S/C9H12N4S/c1-7-8(4-10)2-3-13(7)5-9-6-14-12-11-9/h2-3,6H,4-5,10H2,1H3. The lowest BCUT2D eigenvalue weighted by Crippen LogP contribution is -2.03. The van der Waals surface area contributed by atoms with E-state index in [1.807, 2.05) is 11.6 Å². The largest absolute Gasteiger partial charge is 0.345 e. The van der Waals surface area contributed by atoms with E-state index in [1.54, 1.807) is 0 Å².